The molecule has 0 bridgehead atoms. The molecule has 2 nitrogen and oxygen atoms in total. The van der Waals surface area contributed by atoms with Gasteiger partial charge in [-0.1, -0.05) is 146 Å². The van der Waals surface area contributed by atoms with Gasteiger partial charge in [-0.05, 0) is 94.0 Å². The van der Waals surface area contributed by atoms with Crippen molar-refractivity contribution in [3.8, 4) is 39.1 Å². The molecule has 0 aliphatic rings. The highest BCUT2D eigenvalue weighted by Gasteiger charge is 2.18. The Balaban J connectivity index is 1.04. The van der Waals surface area contributed by atoms with Crippen molar-refractivity contribution in [2.75, 3.05) is 4.90 Å². The van der Waals surface area contributed by atoms with Gasteiger partial charge in [-0.15, -0.1) is 11.3 Å². The fraction of sp³-hybridized carbons (Fsp3) is 0. The maximum atomic E-state index is 2.43. The maximum Gasteiger partial charge on any atom is 0.0727 e. The number of benzene rings is 8. The Morgan fingerprint density at radius 2 is 0.849 bits per heavy atom. The van der Waals surface area contributed by atoms with Gasteiger partial charge in [0.15, 0.2) is 0 Å². The minimum absolute atomic E-state index is 1.11. The SMILES string of the molecule is c1ccc(-c2ccc(N(c3ccc(-c4ccccc4)cc3)c3cccc(-c4ccc(-n5c6ccccc6c6sc7ccccc7c65)cc4)c3)cc2)cc1. The van der Waals surface area contributed by atoms with Gasteiger partial charge < -0.3 is 9.47 Å². The Bertz CT molecular complexity index is 2760. The molecule has 0 unspecified atom stereocenters. The summed E-state index contributed by atoms with van der Waals surface area (Å²) >= 11 is 1.88. The number of aromatic nitrogens is 1. The van der Waals surface area contributed by atoms with E-state index in [0.717, 1.165) is 17.1 Å². The molecule has 0 fully saturated rings. The summed E-state index contributed by atoms with van der Waals surface area (Å²) in [5.41, 5.74) is 14.2. The Labute approximate surface area is 313 Å². The first-order valence-corrected chi connectivity index (χ1v) is 18.8. The second-order valence-corrected chi connectivity index (χ2v) is 14.4. The van der Waals surface area contributed by atoms with E-state index in [1.165, 1.54) is 70.3 Å². The summed E-state index contributed by atoms with van der Waals surface area (Å²) in [7, 11) is 0. The highest BCUT2D eigenvalue weighted by molar-refractivity contribution is 7.26. The lowest BCUT2D eigenvalue weighted by atomic mass is 10.0. The van der Waals surface area contributed by atoms with E-state index >= 15 is 0 Å². The zero-order chi connectivity index (χ0) is 35.1. The lowest BCUT2D eigenvalue weighted by Crippen LogP contribution is -2.10. The highest BCUT2D eigenvalue weighted by atomic mass is 32.1. The van der Waals surface area contributed by atoms with Gasteiger partial charge in [0.1, 0.15) is 0 Å². The number of thiophene rings is 1. The molecule has 0 atom stereocenters. The van der Waals surface area contributed by atoms with Crippen LogP contribution >= 0.6 is 11.3 Å². The zero-order valence-corrected chi connectivity index (χ0v) is 29.7. The van der Waals surface area contributed by atoms with Crippen LogP contribution in [0.3, 0.4) is 0 Å². The second-order valence-electron chi connectivity index (χ2n) is 13.4. The van der Waals surface area contributed by atoms with Crippen LogP contribution in [0.25, 0.3) is 70.3 Å². The number of nitrogens with zero attached hydrogens (tertiary/aromatic N) is 2. The molecular weight excluding hydrogens is 661 g/mol. The van der Waals surface area contributed by atoms with Crippen LogP contribution in [0.5, 0.6) is 0 Å². The highest BCUT2D eigenvalue weighted by Crippen LogP contribution is 2.43. The Morgan fingerprint density at radius 1 is 0.358 bits per heavy atom. The van der Waals surface area contributed by atoms with Gasteiger partial charge in [0.25, 0.3) is 0 Å². The molecule has 0 N–H and O–H groups in total. The molecule has 0 spiro atoms. The lowest BCUT2D eigenvalue weighted by Gasteiger charge is -2.26. The Morgan fingerprint density at radius 3 is 1.49 bits per heavy atom. The summed E-state index contributed by atoms with van der Waals surface area (Å²) < 4.78 is 5.09. The molecule has 10 aromatic rings. The van der Waals surface area contributed by atoms with Gasteiger partial charge in [0, 0.05) is 38.2 Å². The Kier molecular flexibility index (Phi) is 7.71. The number of para-hydroxylation sites is 1. The predicted octanol–water partition coefficient (Wildman–Crippen LogP) is 14.5. The zero-order valence-electron chi connectivity index (χ0n) is 28.9. The topological polar surface area (TPSA) is 8.17 Å². The van der Waals surface area contributed by atoms with Crippen LogP contribution < -0.4 is 4.90 Å². The third-order valence-electron chi connectivity index (χ3n) is 10.2. The van der Waals surface area contributed by atoms with Gasteiger partial charge in [0.05, 0.1) is 15.7 Å². The van der Waals surface area contributed by atoms with Crippen molar-refractivity contribution in [2.24, 2.45) is 0 Å². The average molecular weight is 695 g/mol. The van der Waals surface area contributed by atoms with Crippen LogP contribution in [0.4, 0.5) is 17.1 Å². The molecule has 250 valence electrons. The number of anilines is 3. The van der Waals surface area contributed by atoms with Crippen molar-refractivity contribution in [3.05, 3.63) is 206 Å². The summed E-state index contributed by atoms with van der Waals surface area (Å²) in [6, 6.07) is 74.4. The van der Waals surface area contributed by atoms with Gasteiger partial charge >= 0.3 is 0 Å². The number of hydrogen-bond acceptors (Lipinski definition) is 2. The molecule has 2 aromatic heterocycles. The van der Waals surface area contributed by atoms with Crippen molar-refractivity contribution in [1.82, 2.24) is 4.57 Å². The first-order chi connectivity index (χ1) is 26.3. The van der Waals surface area contributed by atoms with E-state index in [1.807, 2.05) is 11.3 Å². The summed E-state index contributed by atoms with van der Waals surface area (Å²) in [5.74, 6) is 0. The molecule has 0 saturated carbocycles. The van der Waals surface area contributed by atoms with Crippen molar-refractivity contribution in [2.45, 2.75) is 0 Å². The average Bonchev–Trinajstić information content (AvgIpc) is 3.77. The van der Waals surface area contributed by atoms with Gasteiger partial charge in [-0.25, -0.2) is 0 Å². The molecule has 0 amide bonds. The van der Waals surface area contributed by atoms with Gasteiger partial charge in [0.2, 0.25) is 0 Å². The molecule has 53 heavy (non-hydrogen) atoms. The monoisotopic (exact) mass is 694 g/mol. The largest absolute Gasteiger partial charge is 0.310 e. The van der Waals surface area contributed by atoms with Crippen molar-refractivity contribution >= 4 is 59.6 Å². The van der Waals surface area contributed by atoms with Crippen molar-refractivity contribution < 1.29 is 0 Å². The normalized spacial score (nSPS) is 11.4. The third-order valence-corrected chi connectivity index (χ3v) is 11.4. The quantitative estimate of drug-likeness (QED) is 0.161. The van der Waals surface area contributed by atoms with Crippen LogP contribution in [-0.2, 0) is 0 Å². The van der Waals surface area contributed by atoms with Crippen molar-refractivity contribution in [1.29, 1.82) is 0 Å². The predicted molar refractivity (Wildman–Crippen MR) is 227 cm³/mol. The van der Waals surface area contributed by atoms with E-state index in [2.05, 4.69) is 216 Å². The van der Waals surface area contributed by atoms with E-state index in [-0.39, 0.29) is 0 Å². The van der Waals surface area contributed by atoms with Gasteiger partial charge in [-0.2, -0.15) is 0 Å². The summed E-state index contributed by atoms with van der Waals surface area (Å²) in [5, 5.41) is 2.60. The summed E-state index contributed by atoms with van der Waals surface area (Å²) in [4.78, 5) is 2.35. The maximum absolute atomic E-state index is 2.43. The fourth-order valence-corrected chi connectivity index (χ4v) is 8.85. The molecular formula is C50H34N2S. The first-order valence-electron chi connectivity index (χ1n) is 18.0. The van der Waals surface area contributed by atoms with E-state index in [4.69, 9.17) is 0 Å². The smallest absolute Gasteiger partial charge is 0.0727 e. The molecule has 0 aliphatic carbocycles. The van der Waals surface area contributed by atoms with E-state index in [9.17, 15) is 0 Å². The molecule has 3 heteroatoms. The number of rotatable bonds is 7. The van der Waals surface area contributed by atoms with Crippen LogP contribution in [0, 0.1) is 0 Å². The lowest BCUT2D eigenvalue weighted by molar-refractivity contribution is 1.19. The third kappa shape index (κ3) is 5.59. The molecule has 2 heterocycles. The fourth-order valence-electron chi connectivity index (χ4n) is 7.63. The van der Waals surface area contributed by atoms with Crippen LogP contribution in [-0.4, -0.2) is 4.57 Å². The molecule has 0 radical (unpaired) electrons. The summed E-state index contributed by atoms with van der Waals surface area (Å²) in [6.45, 7) is 0. The number of fused-ring (bicyclic) bond motifs is 5. The van der Waals surface area contributed by atoms with Gasteiger partial charge in [-0.3, -0.25) is 0 Å². The molecule has 0 saturated heterocycles. The van der Waals surface area contributed by atoms with E-state index < -0.39 is 0 Å². The molecule has 0 aliphatic heterocycles. The molecule has 8 aromatic carbocycles. The van der Waals surface area contributed by atoms with Crippen molar-refractivity contribution in [3.63, 3.8) is 0 Å². The first kappa shape index (κ1) is 31.1. The summed E-state index contributed by atoms with van der Waals surface area (Å²) in [6.07, 6.45) is 0. The van der Waals surface area contributed by atoms with E-state index in [1.54, 1.807) is 0 Å². The van der Waals surface area contributed by atoms with E-state index in [0.29, 0.717) is 0 Å². The minimum Gasteiger partial charge on any atom is -0.310 e. The standard InChI is InChI=1S/C50H34N2S/c1-3-12-35(13-4-1)37-22-28-41(29-23-37)51(42-30-24-38(25-31-42)36-14-5-2-6-15-36)44-17-11-16-40(34-44)39-26-32-43(33-27-39)52-47-20-9-7-18-45(47)50-49(52)46-19-8-10-21-48(46)53-50/h1-34H. The second kappa shape index (κ2) is 13.1. The van der Waals surface area contributed by atoms with Crippen LogP contribution in [0.1, 0.15) is 0 Å². The molecule has 10 rings (SSSR count). The minimum atomic E-state index is 1.11. The van der Waals surface area contributed by atoms with Crippen LogP contribution in [0.15, 0.2) is 206 Å². The van der Waals surface area contributed by atoms with Crippen LogP contribution in [0.2, 0.25) is 0 Å². The Hall–Kier alpha value is -6.68. The number of hydrogen-bond donors (Lipinski definition) is 0.